The minimum Gasteiger partial charge on any atom is -0.373 e. The molecule has 0 heterocycles. The molecule has 0 amide bonds. The summed E-state index contributed by atoms with van der Waals surface area (Å²) in [6, 6.07) is 0. The number of allylic oxidation sites excluding steroid dienone is 4. The zero-order valence-corrected chi connectivity index (χ0v) is 23.8. The first kappa shape index (κ1) is 33.5. The molecule has 3 N–H and O–H groups in total. The highest BCUT2D eigenvalue weighted by molar-refractivity contribution is 7.53. The number of unbranched alkanes of at least 4 members (excludes halogenated alkanes) is 14. The number of nitrogens with zero attached hydrogens (tertiary/aromatic N) is 1. The third-order valence-corrected chi connectivity index (χ3v) is 7.72. The van der Waals surface area contributed by atoms with Crippen LogP contribution in [0.15, 0.2) is 24.3 Å². The number of quaternary nitrogens is 1. The highest BCUT2D eigenvalue weighted by atomic mass is 31.2. The number of likely N-dealkylation sites (N-methyl/N-ethyl adjacent to an activating group) is 1. The molecule has 1 unspecified atom stereocenters. The molecule has 5 nitrogen and oxygen atoms in total. The SMILES string of the molecule is CCCCCC/C=C\CCC/C=C\CCCCCCCCCCC(O)(C[N+](C)(C)C)P(=O)(O)O. The predicted molar refractivity (Wildman–Crippen MR) is 147 cm³/mol. The first-order valence-corrected chi connectivity index (χ1v) is 15.5. The van der Waals surface area contributed by atoms with Crippen LogP contribution in [0.5, 0.6) is 0 Å². The first-order chi connectivity index (χ1) is 16.0. The molecule has 0 saturated heterocycles. The molecule has 0 aromatic carbocycles. The van der Waals surface area contributed by atoms with Crippen LogP contribution < -0.4 is 0 Å². The highest BCUT2D eigenvalue weighted by Crippen LogP contribution is 2.52. The molecular weight excluding hydrogens is 445 g/mol. The van der Waals surface area contributed by atoms with Crippen molar-refractivity contribution < 1.29 is 23.9 Å². The second-order valence-corrected chi connectivity index (χ2v) is 13.0. The van der Waals surface area contributed by atoms with E-state index in [4.69, 9.17) is 0 Å². The number of hydrogen-bond donors (Lipinski definition) is 3. The van der Waals surface area contributed by atoms with Crippen molar-refractivity contribution in [2.75, 3.05) is 27.7 Å². The highest BCUT2D eigenvalue weighted by Gasteiger charge is 2.48. The van der Waals surface area contributed by atoms with Crippen LogP contribution in [-0.2, 0) is 4.57 Å². The van der Waals surface area contributed by atoms with Gasteiger partial charge in [-0.3, -0.25) is 4.57 Å². The Morgan fingerprint density at radius 2 is 1.03 bits per heavy atom. The van der Waals surface area contributed by atoms with Gasteiger partial charge in [0.25, 0.3) is 0 Å². The van der Waals surface area contributed by atoms with E-state index in [1.54, 1.807) is 0 Å². The molecule has 0 aliphatic carbocycles. The van der Waals surface area contributed by atoms with E-state index in [1.165, 1.54) is 83.5 Å². The average Bonchev–Trinajstić information content (AvgIpc) is 2.73. The maximum absolute atomic E-state index is 11.8. The van der Waals surface area contributed by atoms with Crippen molar-refractivity contribution in [2.45, 2.75) is 128 Å². The second kappa shape index (κ2) is 19.7. The van der Waals surface area contributed by atoms with E-state index in [9.17, 15) is 19.5 Å². The maximum Gasteiger partial charge on any atom is 0.362 e. The van der Waals surface area contributed by atoms with E-state index >= 15 is 0 Å². The van der Waals surface area contributed by atoms with Crippen LogP contribution in [0.1, 0.15) is 122 Å². The molecule has 0 aliphatic heterocycles. The van der Waals surface area contributed by atoms with Crippen LogP contribution in [0.2, 0.25) is 0 Å². The largest absolute Gasteiger partial charge is 0.373 e. The lowest BCUT2D eigenvalue weighted by Crippen LogP contribution is -2.49. The predicted octanol–water partition coefficient (Wildman–Crippen LogP) is 7.71. The van der Waals surface area contributed by atoms with Crippen LogP contribution >= 0.6 is 7.60 Å². The monoisotopic (exact) mass is 502 g/mol. The van der Waals surface area contributed by atoms with Crippen molar-refractivity contribution in [3.05, 3.63) is 24.3 Å². The molecule has 0 fully saturated rings. The van der Waals surface area contributed by atoms with E-state index in [0.717, 1.165) is 19.3 Å². The van der Waals surface area contributed by atoms with Crippen LogP contribution in [0, 0.1) is 0 Å². The molecule has 202 valence electrons. The Morgan fingerprint density at radius 1 is 0.647 bits per heavy atom. The van der Waals surface area contributed by atoms with Crippen LogP contribution in [0.25, 0.3) is 0 Å². The molecule has 0 spiro atoms. The minimum absolute atomic E-state index is 0.0575. The Morgan fingerprint density at radius 3 is 1.44 bits per heavy atom. The molecule has 34 heavy (non-hydrogen) atoms. The Labute approximate surface area is 211 Å². The first-order valence-electron chi connectivity index (χ1n) is 13.9. The van der Waals surface area contributed by atoms with Gasteiger partial charge in [0.2, 0.25) is 5.34 Å². The van der Waals surface area contributed by atoms with E-state index < -0.39 is 12.9 Å². The van der Waals surface area contributed by atoms with Gasteiger partial charge < -0.3 is 19.4 Å². The summed E-state index contributed by atoms with van der Waals surface area (Å²) in [6.07, 6.45) is 29.8. The molecule has 0 rings (SSSR count). The smallest absolute Gasteiger partial charge is 0.362 e. The summed E-state index contributed by atoms with van der Waals surface area (Å²) < 4.78 is 12.1. The second-order valence-electron chi connectivity index (χ2n) is 11.1. The Balaban J connectivity index is 3.60. The molecule has 6 heteroatoms. The fraction of sp³-hybridized carbons (Fsp3) is 0.857. The summed E-state index contributed by atoms with van der Waals surface area (Å²) in [6.45, 7) is 2.31. The van der Waals surface area contributed by atoms with Gasteiger partial charge in [-0.15, -0.1) is 0 Å². The summed E-state index contributed by atoms with van der Waals surface area (Å²) in [5, 5.41) is 8.64. The van der Waals surface area contributed by atoms with Gasteiger partial charge in [-0.05, 0) is 57.8 Å². The van der Waals surface area contributed by atoms with Crippen molar-refractivity contribution in [3.63, 3.8) is 0 Å². The van der Waals surface area contributed by atoms with E-state index in [2.05, 4.69) is 31.2 Å². The minimum atomic E-state index is -4.55. The van der Waals surface area contributed by atoms with Crippen LogP contribution in [0.4, 0.5) is 0 Å². The molecule has 0 radical (unpaired) electrons. The molecule has 0 aliphatic rings. The Hall–Kier alpha value is -0.450. The van der Waals surface area contributed by atoms with Crippen molar-refractivity contribution in [3.8, 4) is 0 Å². The van der Waals surface area contributed by atoms with Gasteiger partial charge in [0.1, 0.15) is 6.54 Å². The summed E-state index contributed by atoms with van der Waals surface area (Å²) in [4.78, 5) is 19.2. The van der Waals surface area contributed by atoms with Crippen molar-refractivity contribution in [1.29, 1.82) is 0 Å². The molecule has 0 aromatic heterocycles. The molecule has 0 bridgehead atoms. The normalized spacial score (nSPS) is 14.9. The molecule has 1 atom stereocenters. The maximum atomic E-state index is 11.8. The third-order valence-electron chi connectivity index (χ3n) is 6.27. The standard InChI is InChI=1S/C28H56NO4P/c1-5-6-7-8-9-10-11-12-13-14-15-16-17-18-19-20-21-22-23-24-25-26-28(30,34(31,32)33)27-29(2,3)4/h10-11,15-16,30H,5-9,12-14,17-27H2,1-4H3,(H-,31,32,33)/p+1/b11-10-,16-15-. The lowest BCUT2D eigenvalue weighted by molar-refractivity contribution is -0.875. The van der Waals surface area contributed by atoms with Gasteiger partial charge in [-0.25, -0.2) is 0 Å². The quantitative estimate of drug-likeness (QED) is 0.0578. The van der Waals surface area contributed by atoms with Crippen molar-refractivity contribution in [2.24, 2.45) is 0 Å². The van der Waals surface area contributed by atoms with Gasteiger partial charge in [0.15, 0.2) is 0 Å². The molecule has 0 saturated carbocycles. The summed E-state index contributed by atoms with van der Waals surface area (Å²) in [5.74, 6) is 0. The van der Waals surface area contributed by atoms with E-state index in [1.807, 2.05) is 21.1 Å². The number of hydrogen-bond acceptors (Lipinski definition) is 2. The van der Waals surface area contributed by atoms with Crippen molar-refractivity contribution >= 4 is 7.60 Å². The summed E-state index contributed by atoms with van der Waals surface area (Å²) >= 11 is 0. The van der Waals surface area contributed by atoms with Crippen LogP contribution in [0.3, 0.4) is 0 Å². The zero-order chi connectivity index (χ0) is 25.8. The topological polar surface area (TPSA) is 77.8 Å². The van der Waals surface area contributed by atoms with Gasteiger partial charge in [0.05, 0.1) is 21.1 Å². The Bertz CT molecular complexity index is 579. The number of rotatable bonds is 23. The van der Waals surface area contributed by atoms with Crippen LogP contribution in [-0.4, -0.2) is 52.4 Å². The molecule has 0 aromatic rings. The zero-order valence-electron chi connectivity index (χ0n) is 22.9. The average molecular weight is 503 g/mol. The third kappa shape index (κ3) is 19.8. The van der Waals surface area contributed by atoms with E-state index in [-0.39, 0.29) is 13.0 Å². The molecular formula is C28H57NO4P+. The fourth-order valence-corrected chi connectivity index (χ4v) is 5.38. The summed E-state index contributed by atoms with van der Waals surface area (Å²) in [5.41, 5.74) is 0. The van der Waals surface area contributed by atoms with Crippen molar-refractivity contribution in [1.82, 2.24) is 0 Å². The van der Waals surface area contributed by atoms with E-state index in [0.29, 0.717) is 10.9 Å². The van der Waals surface area contributed by atoms with Gasteiger partial charge in [-0.2, -0.15) is 0 Å². The number of aliphatic hydroxyl groups is 1. The lowest BCUT2D eigenvalue weighted by Gasteiger charge is -2.35. The van der Waals surface area contributed by atoms with Gasteiger partial charge in [-0.1, -0.05) is 89.0 Å². The lowest BCUT2D eigenvalue weighted by atomic mass is 10.0. The van der Waals surface area contributed by atoms with Gasteiger partial charge >= 0.3 is 7.60 Å². The fourth-order valence-electron chi connectivity index (χ4n) is 4.32. The van der Waals surface area contributed by atoms with Gasteiger partial charge in [0, 0.05) is 0 Å². The summed E-state index contributed by atoms with van der Waals surface area (Å²) in [7, 11) is 0.969. The Kier molecular flexibility index (Phi) is 19.4.